The molecule has 0 amide bonds. The molecule has 3 aromatic heterocycles. The Labute approximate surface area is 171 Å². The number of ether oxygens (including phenoxy) is 1. The molecule has 0 aliphatic carbocycles. The zero-order valence-electron chi connectivity index (χ0n) is 17.7. The Balaban J connectivity index is 1.55. The lowest BCUT2D eigenvalue weighted by Gasteiger charge is -2.19. The van der Waals surface area contributed by atoms with Gasteiger partial charge in [-0.2, -0.15) is 5.10 Å². The highest BCUT2D eigenvalue weighted by molar-refractivity contribution is 5.91. The number of carbonyl (C=O) groups excluding carboxylic acids is 1. The molecule has 3 aromatic rings. The Morgan fingerprint density at radius 1 is 1.10 bits per heavy atom. The smallest absolute Gasteiger partial charge is 0.420 e. The standard InChI is InChI=1S/C22H29N5O2/c1-16-14-27(21(28)29-22(2,3)4)20-19(16)11-17(12-23-20)18-13-24-26(15-18)10-9-25-7-5-6-8-25/h11-15H,5-10H2,1-4H3. The van der Waals surface area contributed by atoms with E-state index in [-0.39, 0.29) is 0 Å². The lowest BCUT2D eigenvalue weighted by atomic mass is 10.1. The fraction of sp³-hybridized carbons (Fsp3) is 0.500. The Hall–Kier alpha value is -2.67. The first kappa shape index (κ1) is 19.6. The second-order valence-corrected chi connectivity index (χ2v) is 8.80. The summed E-state index contributed by atoms with van der Waals surface area (Å²) < 4.78 is 8.98. The number of hydrogen-bond donors (Lipinski definition) is 0. The molecule has 4 heterocycles. The molecule has 0 atom stereocenters. The molecule has 0 saturated carbocycles. The van der Waals surface area contributed by atoms with Gasteiger partial charge in [-0.3, -0.25) is 4.68 Å². The lowest BCUT2D eigenvalue weighted by Crippen LogP contribution is -2.26. The van der Waals surface area contributed by atoms with E-state index in [1.807, 2.05) is 38.6 Å². The molecule has 0 aromatic carbocycles. The van der Waals surface area contributed by atoms with Crippen molar-refractivity contribution in [2.45, 2.75) is 52.7 Å². The summed E-state index contributed by atoms with van der Waals surface area (Å²) in [6, 6.07) is 2.07. The van der Waals surface area contributed by atoms with Crippen molar-refractivity contribution in [1.29, 1.82) is 0 Å². The largest absolute Gasteiger partial charge is 0.443 e. The number of aryl methyl sites for hydroxylation is 1. The van der Waals surface area contributed by atoms with Crippen LogP contribution in [0, 0.1) is 6.92 Å². The molecule has 154 valence electrons. The van der Waals surface area contributed by atoms with Crippen LogP contribution in [0.3, 0.4) is 0 Å². The minimum Gasteiger partial charge on any atom is -0.443 e. The van der Waals surface area contributed by atoms with Gasteiger partial charge in [0.25, 0.3) is 0 Å². The minimum atomic E-state index is -0.550. The van der Waals surface area contributed by atoms with Gasteiger partial charge in [-0.25, -0.2) is 14.3 Å². The van der Waals surface area contributed by atoms with Gasteiger partial charge in [-0.05, 0) is 65.3 Å². The van der Waals surface area contributed by atoms with Crippen molar-refractivity contribution in [3.63, 3.8) is 0 Å². The van der Waals surface area contributed by atoms with Gasteiger partial charge in [0.2, 0.25) is 0 Å². The Kier molecular flexibility index (Phi) is 5.17. The number of aromatic nitrogens is 4. The SMILES string of the molecule is Cc1cn(C(=O)OC(C)(C)C)c2ncc(-c3cnn(CCN4CCCC4)c3)cc12. The van der Waals surface area contributed by atoms with E-state index in [0.29, 0.717) is 5.65 Å². The molecule has 0 bridgehead atoms. The fourth-order valence-electron chi connectivity index (χ4n) is 3.76. The van der Waals surface area contributed by atoms with E-state index >= 15 is 0 Å². The quantitative estimate of drug-likeness (QED) is 0.666. The predicted octanol–water partition coefficient (Wildman–Crippen LogP) is 4.09. The summed E-state index contributed by atoms with van der Waals surface area (Å²) >= 11 is 0. The van der Waals surface area contributed by atoms with E-state index in [1.165, 1.54) is 30.5 Å². The van der Waals surface area contributed by atoms with Gasteiger partial charge in [-0.15, -0.1) is 0 Å². The number of rotatable bonds is 4. The molecule has 1 saturated heterocycles. The fourth-order valence-corrected chi connectivity index (χ4v) is 3.76. The highest BCUT2D eigenvalue weighted by atomic mass is 16.6. The third-order valence-electron chi connectivity index (χ3n) is 5.24. The van der Waals surface area contributed by atoms with Crippen LogP contribution in [-0.2, 0) is 11.3 Å². The van der Waals surface area contributed by atoms with Crippen LogP contribution in [0.5, 0.6) is 0 Å². The summed E-state index contributed by atoms with van der Waals surface area (Å²) in [6.07, 6.45) is 9.73. The molecule has 0 spiro atoms. The van der Waals surface area contributed by atoms with Crippen LogP contribution < -0.4 is 0 Å². The molecule has 0 radical (unpaired) electrons. The number of fused-ring (bicyclic) bond motifs is 1. The zero-order chi connectivity index (χ0) is 20.6. The molecule has 1 aliphatic heterocycles. The second kappa shape index (κ2) is 7.63. The molecule has 7 nitrogen and oxygen atoms in total. The van der Waals surface area contributed by atoms with Crippen molar-refractivity contribution in [3.05, 3.63) is 36.4 Å². The molecule has 29 heavy (non-hydrogen) atoms. The first-order valence-electron chi connectivity index (χ1n) is 10.3. The second-order valence-electron chi connectivity index (χ2n) is 8.80. The van der Waals surface area contributed by atoms with Gasteiger partial charge < -0.3 is 9.64 Å². The van der Waals surface area contributed by atoms with Gasteiger partial charge >= 0.3 is 6.09 Å². The summed E-state index contributed by atoms with van der Waals surface area (Å²) in [5, 5.41) is 5.46. The maximum Gasteiger partial charge on any atom is 0.420 e. The van der Waals surface area contributed by atoms with E-state index in [1.54, 1.807) is 12.4 Å². The summed E-state index contributed by atoms with van der Waals surface area (Å²) in [5.74, 6) is 0. The van der Waals surface area contributed by atoms with Gasteiger partial charge in [0.15, 0.2) is 0 Å². The van der Waals surface area contributed by atoms with Crippen LogP contribution in [0.25, 0.3) is 22.2 Å². The summed E-state index contributed by atoms with van der Waals surface area (Å²) in [4.78, 5) is 19.6. The summed E-state index contributed by atoms with van der Waals surface area (Å²) in [7, 11) is 0. The van der Waals surface area contributed by atoms with Crippen LogP contribution in [-0.4, -0.2) is 55.6 Å². The van der Waals surface area contributed by atoms with E-state index in [4.69, 9.17) is 4.74 Å². The molecule has 0 unspecified atom stereocenters. The third kappa shape index (κ3) is 4.34. The number of likely N-dealkylation sites (tertiary alicyclic amines) is 1. The van der Waals surface area contributed by atoms with Crippen LogP contribution >= 0.6 is 0 Å². The van der Waals surface area contributed by atoms with Crippen LogP contribution in [0.1, 0.15) is 39.2 Å². The molecular formula is C22H29N5O2. The highest BCUT2D eigenvalue weighted by Crippen LogP contribution is 2.26. The Morgan fingerprint density at radius 2 is 1.86 bits per heavy atom. The van der Waals surface area contributed by atoms with Crippen LogP contribution in [0.2, 0.25) is 0 Å². The average Bonchev–Trinajstić information content (AvgIpc) is 3.39. The van der Waals surface area contributed by atoms with E-state index in [9.17, 15) is 4.79 Å². The van der Waals surface area contributed by atoms with Gasteiger partial charge in [0, 0.05) is 41.6 Å². The van der Waals surface area contributed by atoms with Crippen LogP contribution in [0.15, 0.2) is 30.9 Å². The maximum absolute atomic E-state index is 12.5. The van der Waals surface area contributed by atoms with E-state index in [2.05, 4.69) is 27.2 Å². The van der Waals surface area contributed by atoms with Gasteiger partial charge in [0.1, 0.15) is 11.2 Å². The van der Waals surface area contributed by atoms with Crippen molar-refractivity contribution in [1.82, 2.24) is 24.2 Å². The third-order valence-corrected chi connectivity index (χ3v) is 5.24. The Morgan fingerprint density at radius 3 is 2.59 bits per heavy atom. The maximum atomic E-state index is 12.5. The lowest BCUT2D eigenvalue weighted by molar-refractivity contribution is 0.0543. The number of pyridine rings is 1. The van der Waals surface area contributed by atoms with Crippen molar-refractivity contribution in [2.75, 3.05) is 19.6 Å². The molecule has 4 rings (SSSR count). The van der Waals surface area contributed by atoms with Gasteiger partial charge in [-0.1, -0.05) is 0 Å². The van der Waals surface area contributed by atoms with E-state index < -0.39 is 11.7 Å². The Bertz CT molecular complexity index is 1020. The predicted molar refractivity (Wildman–Crippen MR) is 113 cm³/mol. The molecule has 1 fully saturated rings. The van der Waals surface area contributed by atoms with Crippen molar-refractivity contribution in [2.24, 2.45) is 0 Å². The molecule has 7 heteroatoms. The number of carbonyl (C=O) groups is 1. The highest BCUT2D eigenvalue weighted by Gasteiger charge is 2.21. The molecule has 1 aliphatic rings. The number of hydrogen-bond acceptors (Lipinski definition) is 5. The summed E-state index contributed by atoms with van der Waals surface area (Å²) in [5.41, 5.74) is 3.08. The molecule has 0 N–H and O–H groups in total. The topological polar surface area (TPSA) is 65.2 Å². The normalized spacial score (nSPS) is 15.3. The van der Waals surface area contributed by atoms with Crippen molar-refractivity contribution >= 4 is 17.1 Å². The monoisotopic (exact) mass is 395 g/mol. The average molecular weight is 396 g/mol. The van der Waals surface area contributed by atoms with Crippen molar-refractivity contribution < 1.29 is 9.53 Å². The first-order valence-corrected chi connectivity index (χ1v) is 10.3. The van der Waals surface area contributed by atoms with E-state index in [0.717, 1.165) is 35.2 Å². The molecular weight excluding hydrogens is 366 g/mol. The van der Waals surface area contributed by atoms with Crippen molar-refractivity contribution in [3.8, 4) is 11.1 Å². The number of nitrogens with zero attached hydrogens (tertiary/aromatic N) is 5. The van der Waals surface area contributed by atoms with Gasteiger partial charge in [0.05, 0.1) is 12.7 Å². The van der Waals surface area contributed by atoms with Crippen LogP contribution in [0.4, 0.5) is 4.79 Å². The minimum absolute atomic E-state index is 0.411. The summed E-state index contributed by atoms with van der Waals surface area (Å²) in [6.45, 7) is 11.9. The zero-order valence-corrected chi connectivity index (χ0v) is 17.7. The first-order chi connectivity index (χ1) is 13.8.